The largest absolute Gasteiger partial charge is 0.352 e. The van der Waals surface area contributed by atoms with Crippen molar-refractivity contribution in [3.63, 3.8) is 0 Å². The lowest BCUT2D eigenvalue weighted by atomic mass is 10.2. The van der Waals surface area contributed by atoms with Crippen LogP contribution in [0, 0.1) is 0 Å². The lowest BCUT2D eigenvalue weighted by Crippen LogP contribution is -2.37. The van der Waals surface area contributed by atoms with E-state index in [2.05, 4.69) is 5.32 Å². The Bertz CT molecular complexity index is 321. The third-order valence-corrected chi connectivity index (χ3v) is 4.34. The molecule has 0 heterocycles. The number of rotatable bonds is 6. The summed E-state index contributed by atoms with van der Waals surface area (Å²) in [4.78, 5) is 11.5. The Morgan fingerprint density at radius 1 is 1.31 bits per heavy atom. The van der Waals surface area contributed by atoms with Crippen LogP contribution in [-0.2, 0) is 14.6 Å². The van der Waals surface area contributed by atoms with Gasteiger partial charge in [-0.25, -0.2) is 8.42 Å². The van der Waals surface area contributed by atoms with Crippen LogP contribution >= 0.6 is 0 Å². The molecule has 1 amide bonds. The van der Waals surface area contributed by atoms with E-state index in [1.54, 1.807) is 0 Å². The van der Waals surface area contributed by atoms with Gasteiger partial charge >= 0.3 is 0 Å². The average Bonchev–Trinajstić information content (AvgIpc) is 2.66. The van der Waals surface area contributed by atoms with Gasteiger partial charge in [0.05, 0.1) is 5.75 Å². The molecule has 0 spiro atoms. The first-order chi connectivity index (χ1) is 7.53. The second-order valence-electron chi connectivity index (χ2n) is 4.28. The summed E-state index contributed by atoms with van der Waals surface area (Å²) in [6.45, 7) is 0.337. The van der Waals surface area contributed by atoms with E-state index in [0.717, 1.165) is 25.7 Å². The maximum Gasteiger partial charge on any atom is 0.235 e. The van der Waals surface area contributed by atoms with Crippen LogP contribution in [0.15, 0.2) is 0 Å². The Morgan fingerprint density at radius 3 is 2.50 bits per heavy atom. The number of sulfone groups is 1. The zero-order chi connectivity index (χ0) is 12.0. The summed E-state index contributed by atoms with van der Waals surface area (Å²) in [5.41, 5.74) is 5.23. The molecule has 0 aromatic heterocycles. The number of carbonyl (C=O) groups is 1. The maximum absolute atomic E-state index is 11.5. The van der Waals surface area contributed by atoms with Crippen molar-refractivity contribution in [3.05, 3.63) is 0 Å². The Hall–Kier alpha value is -0.620. The summed E-state index contributed by atoms with van der Waals surface area (Å²) >= 11 is 0. The van der Waals surface area contributed by atoms with Crippen LogP contribution in [0.3, 0.4) is 0 Å². The average molecular weight is 248 g/mol. The van der Waals surface area contributed by atoms with Crippen molar-refractivity contribution in [2.24, 2.45) is 5.73 Å². The van der Waals surface area contributed by atoms with E-state index in [9.17, 15) is 13.2 Å². The van der Waals surface area contributed by atoms with Gasteiger partial charge in [-0.2, -0.15) is 0 Å². The van der Waals surface area contributed by atoms with Gasteiger partial charge in [-0.15, -0.1) is 0 Å². The van der Waals surface area contributed by atoms with Gasteiger partial charge in [-0.05, 0) is 25.8 Å². The molecular formula is C10H20N2O3S. The van der Waals surface area contributed by atoms with Crippen LogP contribution < -0.4 is 11.1 Å². The van der Waals surface area contributed by atoms with Crippen molar-refractivity contribution >= 4 is 15.7 Å². The highest BCUT2D eigenvalue weighted by Crippen LogP contribution is 2.17. The Balaban J connectivity index is 2.32. The minimum atomic E-state index is -3.28. The standard InChI is InChI=1S/C10H20N2O3S/c11-6-3-7-16(14,15)8-10(13)12-9-4-1-2-5-9/h9H,1-8,11H2,(H,12,13). The minimum absolute atomic E-state index is 0.00157. The molecule has 5 nitrogen and oxygen atoms in total. The van der Waals surface area contributed by atoms with Gasteiger partial charge in [0.1, 0.15) is 5.75 Å². The van der Waals surface area contributed by atoms with E-state index in [4.69, 9.17) is 5.73 Å². The van der Waals surface area contributed by atoms with Crippen LogP contribution in [0.1, 0.15) is 32.1 Å². The molecule has 0 aromatic carbocycles. The third kappa shape index (κ3) is 4.94. The topological polar surface area (TPSA) is 89.3 Å². The van der Waals surface area contributed by atoms with Crippen LogP contribution in [0.4, 0.5) is 0 Å². The summed E-state index contributed by atoms with van der Waals surface area (Å²) in [7, 11) is -3.28. The normalized spacial score (nSPS) is 17.6. The van der Waals surface area contributed by atoms with E-state index < -0.39 is 15.6 Å². The van der Waals surface area contributed by atoms with Gasteiger partial charge in [0.25, 0.3) is 0 Å². The van der Waals surface area contributed by atoms with Crippen molar-refractivity contribution in [2.75, 3.05) is 18.1 Å². The predicted octanol–water partition coefficient (Wildman–Crippen LogP) is -0.191. The first-order valence-electron chi connectivity index (χ1n) is 5.73. The van der Waals surface area contributed by atoms with E-state index in [1.807, 2.05) is 0 Å². The fourth-order valence-corrected chi connectivity index (χ4v) is 3.15. The smallest absolute Gasteiger partial charge is 0.235 e. The number of nitrogens with one attached hydrogen (secondary N) is 1. The van der Waals surface area contributed by atoms with Gasteiger partial charge in [0.15, 0.2) is 9.84 Å². The summed E-state index contributed by atoms with van der Waals surface area (Å²) < 4.78 is 22.9. The van der Waals surface area contributed by atoms with Gasteiger partial charge in [0.2, 0.25) is 5.91 Å². The molecule has 3 N–H and O–H groups in total. The van der Waals surface area contributed by atoms with Crippen molar-refractivity contribution < 1.29 is 13.2 Å². The molecule has 6 heteroatoms. The van der Waals surface area contributed by atoms with Gasteiger partial charge in [-0.3, -0.25) is 4.79 Å². The van der Waals surface area contributed by atoms with E-state index >= 15 is 0 Å². The van der Waals surface area contributed by atoms with Crippen molar-refractivity contribution in [3.8, 4) is 0 Å². The van der Waals surface area contributed by atoms with Crippen molar-refractivity contribution in [1.82, 2.24) is 5.32 Å². The second-order valence-corrected chi connectivity index (χ2v) is 6.47. The summed E-state index contributed by atoms with van der Waals surface area (Å²) in [5, 5.41) is 2.76. The molecule has 0 aliphatic heterocycles. The molecule has 0 saturated heterocycles. The molecule has 1 saturated carbocycles. The Morgan fingerprint density at radius 2 is 1.94 bits per heavy atom. The highest BCUT2D eigenvalue weighted by molar-refractivity contribution is 7.92. The Kier molecular flexibility index (Phi) is 5.21. The first-order valence-corrected chi connectivity index (χ1v) is 7.55. The molecule has 1 aliphatic rings. The fourth-order valence-electron chi connectivity index (χ4n) is 1.91. The monoisotopic (exact) mass is 248 g/mol. The zero-order valence-corrected chi connectivity index (χ0v) is 10.3. The zero-order valence-electron chi connectivity index (χ0n) is 9.44. The predicted molar refractivity (Wildman–Crippen MR) is 62.7 cm³/mol. The highest BCUT2D eigenvalue weighted by atomic mass is 32.2. The van der Waals surface area contributed by atoms with Crippen LogP contribution in [0.2, 0.25) is 0 Å². The number of carbonyl (C=O) groups excluding carboxylic acids is 1. The molecule has 0 aromatic rings. The second kappa shape index (κ2) is 6.20. The number of hydrogen-bond donors (Lipinski definition) is 2. The number of hydrogen-bond acceptors (Lipinski definition) is 4. The van der Waals surface area contributed by atoms with E-state index in [-0.39, 0.29) is 17.7 Å². The molecule has 0 atom stereocenters. The number of nitrogens with two attached hydrogens (primary N) is 1. The molecule has 94 valence electrons. The van der Waals surface area contributed by atoms with Crippen LogP contribution in [0.25, 0.3) is 0 Å². The molecule has 0 radical (unpaired) electrons. The molecule has 16 heavy (non-hydrogen) atoms. The SMILES string of the molecule is NCCCS(=O)(=O)CC(=O)NC1CCCC1. The van der Waals surface area contributed by atoms with Gasteiger partial charge in [0, 0.05) is 6.04 Å². The summed E-state index contributed by atoms with van der Waals surface area (Å²) in [5.74, 6) is -0.769. The highest BCUT2D eigenvalue weighted by Gasteiger charge is 2.21. The lowest BCUT2D eigenvalue weighted by Gasteiger charge is -2.11. The van der Waals surface area contributed by atoms with Gasteiger partial charge in [-0.1, -0.05) is 12.8 Å². The third-order valence-electron chi connectivity index (χ3n) is 2.73. The molecule has 1 aliphatic carbocycles. The quantitative estimate of drug-likeness (QED) is 0.681. The first kappa shape index (κ1) is 13.4. The van der Waals surface area contributed by atoms with Crippen molar-refractivity contribution in [2.45, 2.75) is 38.1 Å². The van der Waals surface area contributed by atoms with Gasteiger partial charge < -0.3 is 11.1 Å². The number of amides is 1. The molecule has 0 bridgehead atoms. The van der Waals surface area contributed by atoms with Crippen LogP contribution in [0.5, 0.6) is 0 Å². The minimum Gasteiger partial charge on any atom is -0.352 e. The van der Waals surface area contributed by atoms with E-state index in [1.165, 1.54) is 0 Å². The van der Waals surface area contributed by atoms with Crippen molar-refractivity contribution in [1.29, 1.82) is 0 Å². The molecular weight excluding hydrogens is 228 g/mol. The maximum atomic E-state index is 11.5. The molecule has 0 unspecified atom stereocenters. The lowest BCUT2D eigenvalue weighted by molar-refractivity contribution is -0.119. The van der Waals surface area contributed by atoms with Crippen LogP contribution in [-0.4, -0.2) is 38.4 Å². The summed E-state index contributed by atoms with van der Waals surface area (Å²) in [6, 6.07) is 0.178. The van der Waals surface area contributed by atoms with E-state index in [0.29, 0.717) is 13.0 Å². The molecule has 1 rings (SSSR count). The summed E-state index contributed by atoms with van der Waals surface area (Å²) in [6.07, 6.45) is 4.58. The molecule has 1 fully saturated rings. The fraction of sp³-hybridized carbons (Fsp3) is 0.900. The Labute approximate surface area is 96.7 Å².